The third-order valence-electron chi connectivity index (χ3n) is 18.4. The van der Waals surface area contributed by atoms with E-state index in [2.05, 4.69) is 249 Å². The standard InChI is InChI=1S/C28H28N6.C26H27N5.C26H30N4/c1-3-19(2)25-16-32-28-24(29-12-11-20-15-30-23-9-5-4-8-22(20)23)14-21(18-34(25)28)26-17-31-27-10-6-7-13-33(26)27;1-5-19(3)25-16-30-26-24(29-11-10-20-8-6-18(2)7-9-20)13-22(17-31(25)26)21-12-23(27-4)15-28-14-21;1-5-20(4)25-16-29-26-24(28-11-10-21-8-6-18(2)7-9-21)13-23(17-30(25)26)22-12-19(3)14-27-15-22/h4-10,13-19,29-30H,3,11-12H2,1-2H3;6-9,12-17,19,29H,5,10-11H2,1-3H3;6-9,12-17,20,28H,5,10-11H2,1-4H3. The van der Waals surface area contributed by atoms with Crippen LogP contribution in [-0.4, -0.2) is 72.1 Å². The first-order valence-electron chi connectivity index (χ1n) is 33.4. The lowest BCUT2D eigenvalue weighted by Crippen LogP contribution is -2.07. The van der Waals surface area contributed by atoms with Crippen LogP contribution in [0.2, 0.25) is 0 Å². The van der Waals surface area contributed by atoms with Crippen molar-refractivity contribution in [3.05, 3.63) is 264 Å². The van der Waals surface area contributed by atoms with Gasteiger partial charge >= 0.3 is 0 Å². The molecular weight excluding hydrogens is 1170 g/mol. The molecule has 0 saturated carbocycles. The molecule has 480 valence electrons. The van der Waals surface area contributed by atoms with Crippen LogP contribution in [0, 0.1) is 27.3 Å². The first kappa shape index (κ1) is 64.3. The Bertz CT molecular complexity index is 4960. The second kappa shape index (κ2) is 29.4. The molecule has 0 aliphatic heterocycles. The number of aryl methyl sites for hydroxylation is 3. The van der Waals surface area contributed by atoms with E-state index < -0.39 is 0 Å². The van der Waals surface area contributed by atoms with Crippen molar-refractivity contribution in [2.75, 3.05) is 35.6 Å². The summed E-state index contributed by atoms with van der Waals surface area (Å²) in [5, 5.41) is 12.2. The number of aromatic nitrogens is 11. The third kappa shape index (κ3) is 14.5. The number of fused-ring (bicyclic) bond motifs is 5. The zero-order valence-electron chi connectivity index (χ0n) is 56.1. The number of nitrogens with one attached hydrogen (secondary N) is 4. The second-order valence-corrected chi connectivity index (χ2v) is 25.2. The Morgan fingerprint density at radius 1 is 0.463 bits per heavy atom. The minimum Gasteiger partial charge on any atom is -0.382 e. The zero-order valence-corrected chi connectivity index (χ0v) is 56.1. The van der Waals surface area contributed by atoms with Gasteiger partial charge in [-0.1, -0.05) is 125 Å². The Kier molecular flexibility index (Phi) is 19.9. The van der Waals surface area contributed by atoms with Crippen LogP contribution in [-0.2, 0) is 19.3 Å². The Balaban J connectivity index is 0.000000137. The monoisotopic (exact) mass is 1260 g/mol. The predicted molar refractivity (Wildman–Crippen MR) is 391 cm³/mol. The van der Waals surface area contributed by atoms with Crippen LogP contribution in [0.5, 0.6) is 0 Å². The smallest absolute Gasteiger partial charge is 0.205 e. The van der Waals surface area contributed by atoms with E-state index in [-0.39, 0.29) is 0 Å². The summed E-state index contributed by atoms with van der Waals surface area (Å²) in [6, 6.07) is 42.6. The molecule has 95 heavy (non-hydrogen) atoms. The van der Waals surface area contributed by atoms with E-state index in [1.54, 1.807) is 6.20 Å². The van der Waals surface area contributed by atoms with E-state index in [9.17, 15) is 0 Å². The molecule has 0 amide bonds. The summed E-state index contributed by atoms with van der Waals surface area (Å²) in [4.78, 5) is 34.5. The molecular formula is C80H85N15. The first-order valence-corrected chi connectivity index (χ1v) is 33.4. The normalized spacial score (nSPS) is 12.3. The SMILES string of the molecule is CCC(C)c1cnc2c(NCCc3c[nH]c4ccccc34)cc(-c3cnc4ccccn34)cn12.CCC(C)c1cnc2c(NCCc3ccc(C)cc3)cc(-c3cncc(C)c3)cn12.[C-]#[N+]c1cncc(-c2cc(NCCc3ccc(C)cc3)c3ncc(C(C)CC)n3c2)c1. The predicted octanol–water partition coefficient (Wildman–Crippen LogP) is 18.9. The fourth-order valence-electron chi connectivity index (χ4n) is 12.3. The van der Waals surface area contributed by atoms with Crippen LogP contribution in [0.4, 0.5) is 22.7 Å². The lowest BCUT2D eigenvalue weighted by atomic mass is 10.1. The quantitative estimate of drug-likeness (QED) is 0.0516. The number of pyridine rings is 6. The van der Waals surface area contributed by atoms with Gasteiger partial charge < -0.3 is 34.1 Å². The molecule has 14 rings (SSSR count). The van der Waals surface area contributed by atoms with Gasteiger partial charge in [0.2, 0.25) is 5.69 Å². The first-order chi connectivity index (χ1) is 46.4. The highest BCUT2D eigenvalue weighted by Gasteiger charge is 2.20. The topological polar surface area (TPSA) is 151 Å². The van der Waals surface area contributed by atoms with E-state index in [1.807, 2.05) is 67.6 Å². The van der Waals surface area contributed by atoms with E-state index in [0.717, 1.165) is 137 Å². The van der Waals surface area contributed by atoms with Crippen molar-refractivity contribution in [1.82, 2.24) is 52.5 Å². The lowest BCUT2D eigenvalue weighted by Gasteiger charge is -2.14. The van der Waals surface area contributed by atoms with Gasteiger partial charge in [0.1, 0.15) is 5.65 Å². The molecule has 0 spiro atoms. The minimum atomic E-state index is 0.401. The third-order valence-corrected chi connectivity index (χ3v) is 18.4. The summed E-state index contributed by atoms with van der Waals surface area (Å²) in [6.45, 7) is 29.5. The fourth-order valence-corrected chi connectivity index (χ4v) is 12.3. The summed E-state index contributed by atoms with van der Waals surface area (Å²) < 4.78 is 8.82. The van der Waals surface area contributed by atoms with Crippen molar-refractivity contribution in [1.29, 1.82) is 0 Å². The molecule has 0 aliphatic rings. The Morgan fingerprint density at radius 3 is 1.47 bits per heavy atom. The van der Waals surface area contributed by atoms with Gasteiger partial charge in [-0.05, 0) is 153 Å². The number of aromatic amines is 1. The summed E-state index contributed by atoms with van der Waals surface area (Å²) in [6.07, 6.45) is 31.9. The highest BCUT2D eigenvalue weighted by atomic mass is 15.1. The van der Waals surface area contributed by atoms with Crippen LogP contribution < -0.4 is 16.0 Å². The maximum Gasteiger partial charge on any atom is 0.205 e. The van der Waals surface area contributed by atoms with Crippen molar-refractivity contribution in [2.45, 2.75) is 119 Å². The molecule has 0 aliphatic carbocycles. The van der Waals surface area contributed by atoms with Gasteiger partial charge in [-0.25, -0.2) is 24.8 Å². The molecule has 11 aromatic heterocycles. The fraction of sp³-hybridized carbons (Fsp3) is 0.263. The van der Waals surface area contributed by atoms with Crippen molar-refractivity contribution in [3.8, 4) is 33.5 Å². The Morgan fingerprint density at radius 2 is 0.947 bits per heavy atom. The maximum atomic E-state index is 7.31. The largest absolute Gasteiger partial charge is 0.382 e. The highest BCUT2D eigenvalue weighted by Crippen LogP contribution is 2.35. The van der Waals surface area contributed by atoms with Crippen molar-refractivity contribution < 1.29 is 0 Å². The number of anilines is 3. The molecule has 0 bridgehead atoms. The van der Waals surface area contributed by atoms with Crippen molar-refractivity contribution in [3.63, 3.8) is 0 Å². The number of rotatable bonds is 21. The number of nitrogens with zero attached hydrogens (tertiary/aromatic N) is 11. The van der Waals surface area contributed by atoms with Crippen molar-refractivity contribution in [2.24, 2.45) is 0 Å². The molecule has 3 unspecified atom stereocenters. The molecule has 11 heterocycles. The summed E-state index contributed by atoms with van der Waals surface area (Å²) in [5.41, 5.74) is 26.4. The number of hydrogen-bond acceptors (Lipinski definition) is 9. The average Bonchev–Trinajstić information content (AvgIpc) is 1.68. The van der Waals surface area contributed by atoms with Crippen LogP contribution in [0.25, 0.3) is 71.8 Å². The van der Waals surface area contributed by atoms with Crippen LogP contribution in [0.15, 0.2) is 202 Å². The molecule has 3 atom stereocenters. The second-order valence-electron chi connectivity index (χ2n) is 25.2. The average molecular weight is 1260 g/mol. The summed E-state index contributed by atoms with van der Waals surface area (Å²) >= 11 is 0. The van der Waals surface area contributed by atoms with Gasteiger partial charge in [0, 0.05) is 144 Å². The molecule has 14 aromatic rings. The minimum absolute atomic E-state index is 0.401. The van der Waals surface area contributed by atoms with Crippen LogP contribution in [0.1, 0.15) is 129 Å². The van der Waals surface area contributed by atoms with Crippen LogP contribution in [0.3, 0.4) is 0 Å². The summed E-state index contributed by atoms with van der Waals surface area (Å²) in [7, 11) is 0. The number of H-pyrrole nitrogens is 1. The van der Waals surface area contributed by atoms with E-state index >= 15 is 0 Å². The molecule has 15 heteroatoms. The van der Waals surface area contributed by atoms with Crippen molar-refractivity contribution >= 4 is 56.2 Å². The zero-order chi connectivity index (χ0) is 66.0. The van der Waals surface area contributed by atoms with E-state index in [0.29, 0.717) is 23.4 Å². The number of hydrogen-bond donors (Lipinski definition) is 4. The molecule has 0 fully saturated rings. The van der Waals surface area contributed by atoms with Gasteiger partial charge in [0.05, 0.1) is 35.5 Å². The highest BCUT2D eigenvalue weighted by molar-refractivity contribution is 5.84. The Hall–Kier alpha value is -10.9. The Labute approximate surface area is 557 Å². The maximum absolute atomic E-state index is 7.31. The van der Waals surface area contributed by atoms with Gasteiger partial charge in [-0.15, -0.1) is 0 Å². The molecule has 0 saturated heterocycles. The molecule has 4 N–H and O–H groups in total. The van der Waals surface area contributed by atoms with E-state index in [1.165, 1.54) is 55.8 Å². The molecule has 15 nitrogen and oxygen atoms in total. The molecule has 3 aromatic carbocycles. The van der Waals surface area contributed by atoms with Crippen LogP contribution >= 0.6 is 0 Å². The number of benzene rings is 3. The van der Waals surface area contributed by atoms with Gasteiger partial charge in [-0.2, -0.15) is 0 Å². The molecule has 0 radical (unpaired) electrons. The van der Waals surface area contributed by atoms with Gasteiger partial charge in [-0.3, -0.25) is 14.4 Å². The summed E-state index contributed by atoms with van der Waals surface area (Å²) in [5.74, 6) is 1.27. The number of para-hydroxylation sites is 1. The van der Waals surface area contributed by atoms with Gasteiger partial charge in [0.25, 0.3) is 0 Å². The lowest BCUT2D eigenvalue weighted by molar-refractivity contribution is 0.701. The van der Waals surface area contributed by atoms with Gasteiger partial charge in [0.15, 0.2) is 16.9 Å². The number of imidazole rings is 4. The van der Waals surface area contributed by atoms with E-state index in [4.69, 9.17) is 21.5 Å².